The molecule has 0 saturated carbocycles. The number of phenolic OH excluding ortho intramolecular Hbond substituents is 1. The minimum Gasteiger partial charge on any atom is -0.507 e. The fraction of sp³-hybridized carbons (Fsp3) is 0.0952. The fourth-order valence-corrected chi connectivity index (χ4v) is 1.96. The zero-order valence-electron chi connectivity index (χ0n) is 13.6. The van der Waals surface area contributed by atoms with Crippen LogP contribution in [0.5, 0.6) is 5.75 Å². The van der Waals surface area contributed by atoms with Gasteiger partial charge in [0.25, 0.3) is 0 Å². The number of phenols is 1. The molecule has 0 saturated heterocycles. The van der Waals surface area contributed by atoms with Crippen molar-refractivity contribution < 1.29 is 27.0 Å². The van der Waals surface area contributed by atoms with Gasteiger partial charge in [-0.25, -0.2) is 12.1 Å². The predicted molar refractivity (Wildman–Crippen MR) is 92.9 cm³/mol. The van der Waals surface area contributed by atoms with Crippen molar-refractivity contribution in [3.63, 3.8) is 0 Å². The first kappa shape index (κ1) is 19.5. The average molecular weight is 358 g/mol. The molecule has 0 amide bonds. The van der Waals surface area contributed by atoms with E-state index in [0.717, 1.165) is 16.7 Å². The molecular formula is C21H18FeO2. The van der Waals surface area contributed by atoms with Crippen LogP contribution in [0.4, 0.5) is 0 Å². The van der Waals surface area contributed by atoms with Crippen molar-refractivity contribution >= 4 is 5.78 Å². The number of carbonyl (C=O) groups excluding carboxylic acids is 1. The molecule has 0 aliphatic rings. The van der Waals surface area contributed by atoms with Gasteiger partial charge in [0.1, 0.15) is 5.75 Å². The van der Waals surface area contributed by atoms with Crippen molar-refractivity contribution in [2.24, 2.45) is 0 Å². The fourth-order valence-electron chi connectivity index (χ4n) is 1.96. The van der Waals surface area contributed by atoms with Crippen LogP contribution in [0, 0.1) is 25.7 Å². The molecule has 24 heavy (non-hydrogen) atoms. The standard InChI is InChI=1S/C16H13O2.C5H5.Fe/c1-11-9-14(16(18)10-12(11)2)15(17)8-7-13-5-3-4-6-13;1-2-4-5-3-1;/h3-6,9-10,18H,1-2H3;1-5H;/q2*-1;+2. The number of aromatic hydroxyl groups is 1. The molecule has 0 aliphatic heterocycles. The largest absolute Gasteiger partial charge is 2.00 e. The first-order valence-corrected chi connectivity index (χ1v) is 7.33. The topological polar surface area (TPSA) is 37.3 Å². The number of aryl methyl sites for hydroxylation is 2. The van der Waals surface area contributed by atoms with Gasteiger partial charge in [0, 0.05) is 0 Å². The Morgan fingerprint density at radius 3 is 2.25 bits per heavy atom. The molecule has 122 valence electrons. The van der Waals surface area contributed by atoms with Crippen molar-refractivity contribution in [3.8, 4) is 17.6 Å². The monoisotopic (exact) mass is 358 g/mol. The number of Topliss-reactive ketones (excluding diaryl/α,β-unsaturated/α-hetero) is 1. The summed E-state index contributed by atoms with van der Waals surface area (Å²) in [4.78, 5) is 11.9. The van der Waals surface area contributed by atoms with E-state index in [0.29, 0.717) is 0 Å². The van der Waals surface area contributed by atoms with Gasteiger partial charge in [0.2, 0.25) is 5.78 Å². The number of hydrogen-bond acceptors (Lipinski definition) is 2. The Hall–Kier alpha value is -2.53. The normalized spacial score (nSPS) is 8.92. The van der Waals surface area contributed by atoms with Crippen molar-refractivity contribution in [2.75, 3.05) is 0 Å². The van der Waals surface area contributed by atoms with Crippen molar-refractivity contribution in [3.05, 3.63) is 89.0 Å². The molecule has 1 N–H and O–H groups in total. The molecule has 3 aromatic carbocycles. The molecular weight excluding hydrogens is 340 g/mol. The van der Waals surface area contributed by atoms with Gasteiger partial charge in [-0.1, -0.05) is 5.92 Å². The summed E-state index contributed by atoms with van der Waals surface area (Å²) >= 11 is 0. The zero-order valence-corrected chi connectivity index (χ0v) is 14.7. The molecule has 0 spiro atoms. The second-order valence-corrected chi connectivity index (χ2v) is 5.17. The molecule has 0 aromatic heterocycles. The van der Waals surface area contributed by atoms with Crippen molar-refractivity contribution in [1.82, 2.24) is 0 Å². The van der Waals surface area contributed by atoms with E-state index in [4.69, 9.17) is 0 Å². The van der Waals surface area contributed by atoms with E-state index in [2.05, 4.69) is 11.8 Å². The first-order chi connectivity index (χ1) is 11.1. The van der Waals surface area contributed by atoms with E-state index in [-0.39, 0.29) is 34.2 Å². The Morgan fingerprint density at radius 1 is 1.04 bits per heavy atom. The predicted octanol–water partition coefficient (Wildman–Crippen LogP) is 4.37. The van der Waals surface area contributed by atoms with E-state index in [9.17, 15) is 9.90 Å². The van der Waals surface area contributed by atoms with E-state index in [1.54, 1.807) is 12.1 Å². The molecule has 2 nitrogen and oxygen atoms in total. The number of rotatable bonds is 1. The van der Waals surface area contributed by atoms with Crippen LogP contribution in [0.3, 0.4) is 0 Å². The van der Waals surface area contributed by atoms with Crippen LogP contribution in [0.1, 0.15) is 27.0 Å². The summed E-state index contributed by atoms with van der Waals surface area (Å²) in [6.07, 6.45) is 0. The summed E-state index contributed by atoms with van der Waals surface area (Å²) in [5.41, 5.74) is 2.98. The zero-order chi connectivity index (χ0) is 16.7. The summed E-state index contributed by atoms with van der Waals surface area (Å²) in [6, 6.07) is 20.7. The summed E-state index contributed by atoms with van der Waals surface area (Å²) in [5.74, 6) is 4.94. The van der Waals surface area contributed by atoms with E-state index >= 15 is 0 Å². The van der Waals surface area contributed by atoms with Crippen LogP contribution in [0.2, 0.25) is 0 Å². The molecule has 3 aromatic rings. The number of hydrogen-bond donors (Lipinski definition) is 1. The third kappa shape index (κ3) is 5.59. The first-order valence-electron chi connectivity index (χ1n) is 7.33. The summed E-state index contributed by atoms with van der Waals surface area (Å²) < 4.78 is 0. The average Bonchev–Trinajstić information content (AvgIpc) is 3.24. The van der Waals surface area contributed by atoms with Gasteiger partial charge in [-0.15, -0.1) is 11.6 Å². The molecule has 0 unspecified atom stereocenters. The summed E-state index contributed by atoms with van der Waals surface area (Å²) in [5, 5.41) is 9.75. The van der Waals surface area contributed by atoms with Crippen molar-refractivity contribution in [2.45, 2.75) is 13.8 Å². The van der Waals surface area contributed by atoms with Gasteiger partial charge in [0.15, 0.2) is 0 Å². The Kier molecular flexibility index (Phi) is 7.78. The Morgan fingerprint density at radius 2 is 1.71 bits per heavy atom. The van der Waals surface area contributed by atoms with E-state index in [1.165, 1.54) is 0 Å². The van der Waals surface area contributed by atoms with Gasteiger partial charge < -0.3 is 5.11 Å². The molecule has 0 aliphatic carbocycles. The molecule has 0 atom stereocenters. The molecule has 0 radical (unpaired) electrons. The molecule has 0 fully saturated rings. The minimum atomic E-state index is -0.364. The van der Waals surface area contributed by atoms with Crippen LogP contribution < -0.4 is 0 Å². The smallest absolute Gasteiger partial charge is 0.507 e. The second kappa shape index (κ2) is 9.57. The number of benzene rings is 1. The third-order valence-corrected chi connectivity index (χ3v) is 3.40. The van der Waals surface area contributed by atoms with Gasteiger partial charge in [-0.2, -0.15) is 42.3 Å². The molecule has 0 heterocycles. The van der Waals surface area contributed by atoms with Gasteiger partial charge in [-0.3, -0.25) is 4.79 Å². The van der Waals surface area contributed by atoms with Gasteiger partial charge in [0.05, 0.1) is 5.56 Å². The third-order valence-electron chi connectivity index (χ3n) is 3.40. The Labute approximate surface area is 153 Å². The molecule has 0 bridgehead atoms. The van der Waals surface area contributed by atoms with Crippen LogP contribution in [-0.4, -0.2) is 10.9 Å². The Bertz CT molecular complexity index is 800. The van der Waals surface area contributed by atoms with Gasteiger partial charge in [-0.05, 0) is 37.1 Å². The maximum absolute atomic E-state index is 11.9. The van der Waals surface area contributed by atoms with Gasteiger partial charge >= 0.3 is 17.1 Å². The van der Waals surface area contributed by atoms with Crippen molar-refractivity contribution in [1.29, 1.82) is 0 Å². The van der Waals surface area contributed by atoms with Crippen LogP contribution in [0.15, 0.2) is 66.7 Å². The SMILES string of the molecule is Cc1cc(O)c(C(=O)C#Cc2ccc[cH-]2)cc1C.[Fe+2].c1cc[cH-]c1. The number of carbonyl (C=O) groups is 1. The maximum atomic E-state index is 11.9. The molecule has 3 heteroatoms. The second-order valence-electron chi connectivity index (χ2n) is 5.17. The number of ketones is 1. The quantitative estimate of drug-likeness (QED) is 0.304. The van der Waals surface area contributed by atoms with Crippen LogP contribution in [0.25, 0.3) is 0 Å². The van der Waals surface area contributed by atoms with Crippen LogP contribution in [-0.2, 0) is 17.1 Å². The molecule has 3 rings (SSSR count). The Balaban J connectivity index is 0.000000412. The van der Waals surface area contributed by atoms with E-state index < -0.39 is 0 Å². The summed E-state index contributed by atoms with van der Waals surface area (Å²) in [7, 11) is 0. The van der Waals surface area contributed by atoms with Crippen LogP contribution >= 0.6 is 0 Å². The van der Waals surface area contributed by atoms with E-state index in [1.807, 2.05) is 68.4 Å². The maximum Gasteiger partial charge on any atom is 2.00 e. The minimum absolute atomic E-state index is 0. The summed E-state index contributed by atoms with van der Waals surface area (Å²) in [6.45, 7) is 3.79.